The van der Waals surface area contributed by atoms with Crippen LogP contribution in [-0.2, 0) is 4.74 Å². The van der Waals surface area contributed by atoms with E-state index in [-0.39, 0.29) is 12.1 Å². The van der Waals surface area contributed by atoms with Crippen LogP contribution < -0.4 is 16.4 Å². The highest BCUT2D eigenvalue weighted by Gasteiger charge is 2.18. The number of rotatable bonds is 2. The van der Waals surface area contributed by atoms with Gasteiger partial charge >= 0.3 is 6.03 Å². The van der Waals surface area contributed by atoms with Gasteiger partial charge in [-0.2, -0.15) is 0 Å². The van der Waals surface area contributed by atoms with Crippen molar-refractivity contribution < 1.29 is 9.53 Å². The van der Waals surface area contributed by atoms with Crippen LogP contribution in [0.4, 0.5) is 16.2 Å². The zero-order chi connectivity index (χ0) is 13.1. The molecule has 0 spiro atoms. The van der Waals surface area contributed by atoms with Crippen molar-refractivity contribution in [2.75, 3.05) is 24.3 Å². The van der Waals surface area contributed by atoms with Crippen LogP contribution in [-0.4, -0.2) is 25.3 Å². The number of hydrogen-bond acceptors (Lipinski definition) is 3. The Bertz CT molecular complexity index is 454. The standard InChI is InChI=1S/C13H19N3O2/c1-8-5-9(2)12(6-11(8)14)16-13(17)15-10-3-4-18-7-10/h5-6,10H,3-4,7,14H2,1-2H3,(H2,15,16,17). The molecule has 5 heteroatoms. The van der Waals surface area contributed by atoms with Crippen molar-refractivity contribution in [3.8, 4) is 0 Å². The third-order valence-corrected chi connectivity index (χ3v) is 3.13. The highest BCUT2D eigenvalue weighted by Crippen LogP contribution is 2.22. The number of anilines is 2. The Kier molecular flexibility index (Phi) is 3.72. The average molecular weight is 249 g/mol. The number of nitrogen functional groups attached to an aromatic ring is 1. The van der Waals surface area contributed by atoms with Crippen LogP contribution in [0.5, 0.6) is 0 Å². The molecule has 4 N–H and O–H groups in total. The van der Waals surface area contributed by atoms with Gasteiger partial charge in [0.05, 0.1) is 12.6 Å². The predicted molar refractivity (Wildman–Crippen MR) is 71.7 cm³/mol. The second-order valence-electron chi connectivity index (χ2n) is 4.68. The second kappa shape index (κ2) is 5.27. The molecule has 5 nitrogen and oxygen atoms in total. The Balaban J connectivity index is 2.00. The summed E-state index contributed by atoms with van der Waals surface area (Å²) < 4.78 is 5.20. The van der Waals surface area contributed by atoms with Crippen LogP contribution in [0.3, 0.4) is 0 Å². The van der Waals surface area contributed by atoms with E-state index in [1.807, 2.05) is 19.9 Å². The summed E-state index contributed by atoms with van der Waals surface area (Å²) in [7, 11) is 0. The number of ether oxygens (including phenoxy) is 1. The largest absolute Gasteiger partial charge is 0.398 e. The van der Waals surface area contributed by atoms with Crippen LogP contribution in [0, 0.1) is 13.8 Å². The van der Waals surface area contributed by atoms with Crippen molar-refractivity contribution in [3.05, 3.63) is 23.3 Å². The van der Waals surface area contributed by atoms with Crippen LogP contribution in [0.1, 0.15) is 17.5 Å². The van der Waals surface area contributed by atoms with Gasteiger partial charge in [-0.25, -0.2) is 4.79 Å². The first-order valence-corrected chi connectivity index (χ1v) is 6.08. The lowest BCUT2D eigenvalue weighted by atomic mass is 10.1. The summed E-state index contributed by atoms with van der Waals surface area (Å²) in [5.41, 5.74) is 9.28. The van der Waals surface area contributed by atoms with E-state index in [2.05, 4.69) is 10.6 Å². The molecule has 18 heavy (non-hydrogen) atoms. The molecule has 1 fully saturated rings. The lowest BCUT2D eigenvalue weighted by Gasteiger charge is -2.14. The number of carbonyl (C=O) groups is 1. The number of nitrogens with one attached hydrogen (secondary N) is 2. The van der Waals surface area contributed by atoms with Gasteiger partial charge in [-0.1, -0.05) is 6.07 Å². The van der Waals surface area contributed by atoms with E-state index in [0.29, 0.717) is 18.9 Å². The first-order valence-electron chi connectivity index (χ1n) is 6.08. The van der Waals surface area contributed by atoms with Crippen LogP contribution in [0.15, 0.2) is 12.1 Å². The van der Waals surface area contributed by atoms with Gasteiger partial charge in [0.1, 0.15) is 0 Å². The molecule has 2 rings (SSSR count). The molecule has 0 aliphatic carbocycles. The molecule has 1 heterocycles. The summed E-state index contributed by atoms with van der Waals surface area (Å²) in [5, 5.41) is 5.69. The van der Waals surface area contributed by atoms with Crippen molar-refractivity contribution in [1.29, 1.82) is 0 Å². The van der Waals surface area contributed by atoms with E-state index in [4.69, 9.17) is 10.5 Å². The van der Waals surface area contributed by atoms with Gasteiger partial charge in [0, 0.05) is 18.0 Å². The van der Waals surface area contributed by atoms with Gasteiger partial charge in [0.2, 0.25) is 0 Å². The lowest BCUT2D eigenvalue weighted by Crippen LogP contribution is -2.38. The predicted octanol–water partition coefficient (Wildman–Crippen LogP) is 1.80. The van der Waals surface area contributed by atoms with Crippen molar-refractivity contribution in [2.45, 2.75) is 26.3 Å². The molecule has 1 aliphatic heterocycles. The smallest absolute Gasteiger partial charge is 0.319 e. The van der Waals surface area contributed by atoms with Gasteiger partial charge in [-0.3, -0.25) is 0 Å². The van der Waals surface area contributed by atoms with E-state index in [9.17, 15) is 4.79 Å². The normalized spacial score (nSPS) is 18.7. The third kappa shape index (κ3) is 2.92. The zero-order valence-electron chi connectivity index (χ0n) is 10.7. The third-order valence-electron chi connectivity index (χ3n) is 3.13. The van der Waals surface area contributed by atoms with Crippen molar-refractivity contribution in [1.82, 2.24) is 5.32 Å². The zero-order valence-corrected chi connectivity index (χ0v) is 10.7. The van der Waals surface area contributed by atoms with Crippen molar-refractivity contribution >= 4 is 17.4 Å². The lowest BCUT2D eigenvalue weighted by molar-refractivity contribution is 0.189. The molecule has 1 unspecified atom stereocenters. The average Bonchev–Trinajstić information content (AvgIpc) is 2.78. The monoisotopic (exact) mass is 249 g/mol. The number of benzene rings is 1. The molecular formula is C13H19N3O2. The summed E-state index contributed by atoms with van der Waals surface area (Å²) in [5.74, 6) is 0. The minimum atomic E-state index is -0.211. The molecule has 1 saturated heterocycles. The van der Waals surface area contributed by atoms with Gasteiger partial charge in [0.15, 0.2) is 0 Å². The molecule has 1 aromatic rings. The summed E-state index contributed by atoms with van der Waals surface area (Å²) in [6, 6.07) is 3.64. The number of carbonyl (C=O) groups excluding carboxylic acids is 1. The Morgan fingerprint density at radius 1 is 1.39 bits per heavy atom. The Morgan fingerprint density at radius 3 is 2.83 bits per heavy atom. The maximum Gasteiger partial charge on any atom is 0.319 e. The maximum absolute atomic E-state index is 11.8. The van der Waals surface area contributed by atoms with Crippen molar-refractivity contribution in [3.63, 3.8) is 0 Å². The van der Waals surface area contributed by atoms with E-state index in [1.165, 1.54) is 0 Å². The molecule has 0 radical (unpaired) electrons. The fraction of sp³-hybridized carbons (Fsp3) is 0.462. The molecule has 1 aromatic carbocycles. The molecule has 1 atom stereocenters. The fourth-order valence-electron chi connectivity index (χ4n) is 2.00. The molecule has 1 aliphatic rings. The number of hydrogen-bond donors (Lipinski definition) is 3. The first kappa shape index (κ1) is 12.7. The Labute approximate surface area is 107 Å². The molecule has 0 saturated carbocycles. The Hall–Kier alpha value is -1.75. The van der Waals surface area contributed by atoms with Gasteiger partial charge in [0.25, 0.3) is 0 Å². The quantitative estimate of drug-likeness (QED) is 0.699. The van der Waals surface area contributed by atoms with E-state index >= 15 is 0 Å². The highest BCUT2D eigenvalue weighted by molar-refractivity contribution is 5.91. The summed E-state index contributed by atoms with van der Waals surface area (Å²) in [6.45, 7) is 5.19. The molecular weight excluding hydrogens is 230 g/mol. The van der Waals surface area contributed by atoms with Crippen LogP contribution >= 0.6 is 0 Å². The molecule has 0 aromatic heterocycles. The highest BCUT2D eigenvalue weighted by atomic mass is 16.5. The van der Waals surface area contributed by atoms with Crippen LogP contribution in [0.2, 0.25) is 0 Å². The van der Waals surface area contributed by atoms with E-state index in [1.54, 1.807) is 6.07 Å². The van der Waals surface area contributed by atoms with E-state index < -0.39 is 0 Å². The topological polar surface area (TPSA) is 76.4 Å². The number of aryl methyl sites for hydroxylation is 2. The molecule has 0 bridgehead atoms. The second-order valence-corrected chi connectivity index (χ2v) is 4.68. The van der Waals surface area contributed by atoms with Gasteiger partial charge in [-0.15, -0.1) is 0 Å². The Morgan fingerprint density at radius 2 is 2.17 bits per heavy atom. The summed E-state index contributed by atoms with van der Waals surface area (Å²) in [6.07, 6.45) is 0.864. The number of amides is 2. The van der Waals surface area contributed by atoms with Gasteiger partial charge < -0.3 is 21.1 Å². The van der Waals surface area contributed by atoms with Crippen LogP contribution in [0.25, 0.3) is 0 Å². The summed E-state index contributed by atoms with van der Waals surface area (Å²) in [4.78, 5) is 11.8. The number of nitrogens with two attached hydrogens (primary N) is 1. The van der Waals surface area contributed by atoms with E-state index in [0.717, 1.165) is 23.2 Å². The summed E-state index contributed by atoms with van der Waals surface area (Å²) >= 11 is 0. The fourth-order valence-corrected chi connectivity index (χ4v) is 2.00. The maximum atomic E-state index is 11.8. The SMILES string of the molecule is Cc1cc(C)c(NC(=O)NC2CCOC2)cc1N. The first-order chi connectivity index (χ1) is 8.56. The number of urea groups is 1. The van der Waals surface area contributed by atoms with Gasteiger partial charge in [-0.05, 0) is 37.5 Å². The molecule has 2 amide bonds. The minimum absolute atomic E-state index is 0.105. The van der Waals surface area contributed by atoms with Crippen molar-refractivity contribution in [2.24, 2.45) is 0 Å². The molecule has 98 valence electrons. The minimum Gasteiger partial charge on any atom is -0.398 e.